The number of hydrogen-bond acceptors (Lipinski definition) is 0. The van der Waals surface area contributed by atoms with Gasteiger partial charge in [0.1, 0.15) is 0 Å². The van der Waals surface area contributed by atoms with E-state index in [1.807, 2.05) is 0 Å². The van der Waals surface area contributed by atoms with Crippen molar-refractivity contribution in [2.24, 2.45) is 357 Å². The molecule has 0 aromatic rings. The van der Waals surface area contributed by atoms with Gasteiger partial charge in [0.15, 0.2) is 0 Å². The zero-order valence-corrected chi connectivity index (χ0v) is 70.7. The Hall–Kier alpha value is 0. The van der Waals surface area contributed by atoms with Crippen molar-refractivity contribution in [1.82, 2.24) is 0 Å². The molecule has 0 radical (unpaired) electrons. The molecule has 604 valence electrons. The summed E-state index contributed by atoms with van der Waals surface area (Å²) in [4.78, 5) is 0. The minimum Gasteiger partial charge on any atom is -0.0475 e. The molecule has 0 aliphatic heterocycles. The Kier molecular flexibility index (Phi) is 11.9. The molecule has 56 rings (SSSR count). The summed E-state index contributed by atoms with van der Waals surface area (Å²) in [6.07, 6.45) is 85.5. The van der Waals surface area contributed by atoms with E-state index in [-0.39, 0.29) is 0 Å². The van der Waals surface area contributed by atoms with Crippen LogP contribution in [-0.4, -0.2) is 0 Å². The molecular weight excluding hydrogens is 1350 g/mol. The van der Waals surface area contributed by atoms with Gasteiger partial charge in [0, 0.05) is 0 Å². The van der Waals surface area contributed by atoms with Crippen LogP contribution in [0.25, 0.3) is 0 Å². The van der Waals surface area contributed by atoms with Crippen molar-refractivity contribution in [2.45, 2.75) is 327 Å². The van der Waals surface area contributed by atoms with Gasteiger partial charge in [-0.25, -0.2) is 0 Å². The maximum absolute atomic E-state index is 1.75. The first-order chi connectivity index (χ1) is 54.9. The van der Waals surface area contributed by atoms with E-state index in [1.165, 1.54) is 284 Å². The lowest BCUT2D eigenvalue weighted by Gasteiger charge is -2.91. The fourth-order valence-corrected chi connectivity index (χ4v) is 59.3. The van der Waals surface area contributed by atoms with Crippen molar-refractivity contribution in [2.75, 3.05) is 0 Å². The molecule has 3 spiro atoms. The van der Waals surface area contributed by atoms with E-state index in [4.69, 9.17) is 0 Å². The zero-order valence-electron chi connectivity index (χ0n) is 70.7. The molecule has 56 fully saturated rings. The molecule has 0 aromatic heterocycles. The molecule has 56 aliphatic carbocycles. The molecule has 12 unspecified atom stereocenters. The van der Waals surface area contributed by atoms with Crippen LogP contribution in [0, 0.1) is 357 Å². The second-order valence-corrected chi connectivity index (χ2v) is 58.9. The first-order valence-corrected chi connectivity index (χ1v) is 54.9. The summed E-state index contributed by atoms with van der Waals surface area (Å²) in [7, 11) is 0. The van der Waals surface area contributed by atoms with E-state index in [9.17, 15) is 0 Å². The van der Waals surface area contributed by atoms with E-state index < -0.39 is 0 Å². The van der Waals surface area contributed by atoms with Gasteiger partial charge in [-0.05, 0) is 685 Å². The Balaban J connectivity index is 0.0000000650. The van der Waals surface area contributed by atoms with E-state index in [0.29, 0.717) is 0 Å². The molecule has 0 amide bonds. The topological polar surface area (TPSA) is 0 Å². The molecule has 0 aromatic carbocycles. The summed E-state index contributed by atoms with van der Waals surface area (Å²) in [5.41, 5.74) is 6.25. The monoisotopic (exact) mass is 1500 g/mol. The second kappa shape index (κ2) is 20.7. The molecule has 112 heavy (non-hydrogen) atoms. The standard InChI is InChI=1S/C28H38.C22H28.C20H30.C18H24.C14H20.C10H16/c1-13-2-16-21-7-27(8-22(15(1)21)17(3-13)23(16)9-27)28-10-24-18-4-14-5-19(24)26(12-28)20(6-14)25(18)11-28;1-9-2-12-15-7-22-6-10-3-13-16-8-21(5-9,17(11(1)15)18(13)22)19(12)20(22)14(16)4-10;1-13-2-15-3-14(1)8-19(7-13,9-15)20-10-16-4-17(11-20)6-18(5-16)12-20;1-8-2-13-10-5-11-14-3-9-4-15(11)17(13)18(6-8,7-9)16(14)12(1)10;1-7-2-12-10-4-8-5-11(9(1)10)13(3-7)14(12)6-8;1-7-2-9-4-8(1)5-10(3-7)6-9/h13-26H,1-12H2;9-20H,1-8H2;13-18H,1-12H2;8-17H,1-7H2;7-14H,1-6H2;7-10H,1-6H2. The van der Waals surface area contributed by atoms with Gasteiger partial charge in [-0.15, -0.1) is 0 Å². The molecule has 56 saturated carbocycles. The lowest BCUT2D eigenvalue weighted by atomic mass is 9.13. The second-order valence-electron chi connectivity index (χ2n) is 58.9. The highest BCUT2D eigenvalue weighted by atomic mass is 14.9. The van der Waals surface area contributed by atoms with Gasteiger partial charge in [0.25, 0.3) is 0 Å². The predicted molar refractivity (Wildman–Crippen MR) is 441 cm³/mol. The van der Waals surface area contributed by atoms with Crippen LogP contribution in [0.15, 0.2) is 0 Å². The fourth-order valence-electron chi connectivity index (χ4n) is 59.3. The molecule has 61 bridgehead atoms. The van der Waals surface area contributed by atoms with E-state index in [1.54, 1.807) is 327 Å². The molecular formula is C112H156. The van der Waals surface area contributed by atoms with Crippen LogP contribution < -0.4 is 0 Å². The number of rotatable bonds is 2. The average Bonchev–Trinajstić information content (AvgIpc) is 0.612. The fraction of sp³-hybridized carbons (Fsp3) is 1.00. The smallest absolute Gasteiger partial charge is 0.0224 e. The van der Waals surface area contributed by atoms with Crippen LogP contribution in [-0.2, 0) is 0 Å². The zero-order chi connectivity index (χ0) is 70.7. The Morgan fingerprint density at radius 3 is 0.464 bits per heavy atom. The third-order valence-electron chi connectivity index (χ3n) is 57.4. The van der Waals surface area contributed by atoms with Crippen LogP contribution >= 0.6 is 0 Å². The van der Waals surface area contributed by atoms with Crippen molar-refractivity contribution in [3.63, 3.8) is 0 Å². The first-order valence-electron chi connectivity index (χ1n) is 54.9. The average molecular weight is 1500 g/mol. The highest BCUT2D eigenvalue weighted by Gasteiger charge is 2.88. The quantitative estimate of drug-likeness (QED) is 0.259. The van der Waals surface area contributed by atoms with Crippen molar-refractivity contribution < 1.29 is 0 Å². The van der Waals surface area contributed by atoms with Crippen molar-refractivity contribution in [3.05, 3.63) is 0 Å². The molecule has 56 aliphatic rings. The molecule has 0 heteroatoms. The summed E-state index contributed by atoms with van der Waals surface area (Å²) >= 11 is 0. The van der Waals surface area contributed by atoms with Crippen LogP contribution in [0.5, 0.6) is 0 Å². The SMILES string of the molecule is C1C2C3CC4CC2C2C5CC6CC(C15)C3C2(C4)C6.C1C2CC3C4CC5(C67CC8C9CC%10CC8C(C6)C(C%10)C9C7)CC(C14)C(C2)C3C5.C1C2CC3C4CC56CC7CC8C9CC(C2)(C(C14)C85)C3C6C9C7.C1C2CC3C4CC5CC(C14)C(C2)C3C5.C1C2CC3CC1CC(C14CC5CC(CC(C5)C1)C4)(C2)C3.C1C2CC3CC1CC(C2)C3. The molecule has 0 heterocycles. The number of hydrogen-bond donors (Lipinski definition) is 0. The molecule has 0 saturated heterocycles. The van der Waals surface area contributed by atoms with Crippen LogP contribution in [0.4, 0.5) is 0 Å². The van der Waals surface area contributed by atoms with Gasteiger partial charge >= 0.3 is 0 Å². The first kappa shape index (κ1) is 64.7. The third kappa shape index (κ3) is 7.41. The third-order valence-corrected chi connectivity index (χ3v) is 57.4. The van der Waals surface area contributed by atoms with Gasteiger partial charge in [0.05, 0.1) is 0 Å². The Labute approximate surface area is 680 Å². The van der Waals surface area contributed by atoms with Crippen LogP contribution in [0.1, 0.15) is 327 Å². The Morgan fingerprint density at radius 2 is 0.232 bits per heavy atom. The van der Waals surface area contributed by atoms with Gasteiger partial charge in [-0.3, -0.25) is 0 Å². The largest absolute Gasteiger partial charge is 0.0475 e. The Morgan fingerprint density at radius 1 is 0.0893 bits per heavy atom. The predicted octanol–water partition coefficient (Wildman–Crippen LogP) is 26.5. The van der Waals surface area contributed by atoms with Crippen molar-refractivity contribution in [3.8, 4) is 0 Å². The van der Waals surface area contributed by atoms with Gasteiger partial charge in [-0.1, -0.05) is 0 Å². The van der Waals surface area contributed by atoms with Crippen LogP contribution in [0.2, 0.25) is 0 Å². The normalized spacial score (nSPS) is 75.0. The van der Waals surface area contributed by atoms with Gasteiger partial charge < -0.3 is 0 Å². The Bertz CT molecular complexity index is 3440. The van der Waals surface area contributed by atoms with Gasteiger partial charge in [0.2, 0.25) is 0 Å². The lowest BCUT2D eigenvalue weighted by molar-refractivity contribution is -0.431. The van der Waals surface area contributed by atoms with Crippen molar-refractivity contribution in [1.29, 1.82) is 0 Å². The maximum Gasteiger partial charge on any atom is -0.0224 e. The van der Waals surface area contributed by atoms with Crippen molar-refractivity contribution >= 4 is 0 Å². The van der Waals surface area contributed by atoms with Gasteiger partial charge in [-0.2, -0.15) is 0 Å². The molecule has 12 atom stereocenters. The van der Waals surface area contributed by atoms with E-state index >= 15 is 0 Å². The summed E-state index contributed by atoms with van der Waals surface area (Å²) < 4.78 is 0. The summed E-state index contributed by atoms with van der Waals surface area (Å²) in [6.45, 7) is 0. The lowest BCUT2D eigenvalue weighted by Crippen LogP contribution is -2.85. The molecule has 0 N–H and O–H groups in total. The summed E-state index contributed by atoms with van der Waals surface area (Å²) in [6, 6.07) is 0. The van der Waals surface area contributed by atoms with E-state index in [0.717, 1.165) is 73.4 Å². The summed E-state index contributed by atoms with van der Waals surface area (Å²) in [5.74, 6) is 65.5. The van der Waals surface area contributed by atoms with E-state index in [2.05, 4.69) is 0 Å². The minimum absolute atomic E-state index is 0.855. The maximum atomic E-state index is 1.75. The minimum atomic E-state index is 0.855. The van der Waals surface area contributed by atoms with Crippen LogP contribution in [0.3, 0.4) is 0 Å². The highest BCUT2D eigenvalue weighted by molar-refractivity contribution is 5.36. The summed E-state index contributed by atoms with van der Waals surface area (Å²) in [5, 5.41) is 0. The molecule has 0 nitrogen and oxygen atoms in total. The highest BCUT2D eigenvalue weighted by Crippen LogP contribution is 2.94.